The van der Waals surface area contributed by atoms with E-state index in [4.69, 9.17) is 5.73 Å². The predicted molar refractivity (Wildman–Crippen MR) is 76.2 cm³/mol. The molecule has 1 aliphatic carbocycles. The summed E-state index contributed by atoms with van der Waals surface area (Å²) >= 11 is 0. The van der Waals surface area contributed by atoms with E-state index in [9.17, 15) is 4.79 Å². The molecule has 3 atom stereocenters. The molecule has 0 heterocycles. The zero-order valence-electron chi connectivity index (χ0n) is 12.1. The number of nitrogens with two attached hydrogens (primary N) is 1. The zero-order chi connectivity index (χ0) is 13.4. The molecule has 0 aromatic heterocycles. The van der Waals surface area contributed by atoms with Crippen molar-refractivity contribution >= 4 is 5.91 Å². The molecule has 1 aliphatic rings. The second-order valence-electron chi connectivity index (χ2n) is 5.72. The molecule has 18 heavy (non-hydrogen) atoms. The molecule has 106 valence electrons. The van der Waals surface area contributed by atoms with Gasteiger partial charge in [-0.2, -0.15) is 0 Å². The average Bonchev–Trinajstić information content (AvgIpc) is 2.81. The smallest absolute Gasteiger partial charge is 0.220 e. The molecule has 0 bridgehead atoms. The lowest BCUT2D eigenvalue weighted by molar-refractivity contribution is -0.123. The van der Waals surface area contributed by atoms with E-state index in [0.717, 1.165) is 12.8 Å². The first kappa shape index (κ1) is 15.5. The third-order valence-electron chi connectivity index (χ3n) is 4.33. The number of amides is 1. The lowest BCUT2D eigenvalue weighted by atomic mass is 9.95. The summed E-state index contributed by atoms with van der Waals surface area (Å²) in [7, 11) is 0. The molecule has 3 nitrogen and oxygen atoms in total. The Balaban J connectivity index is 2.30. The van der Waals surface area contributed by atoms with Crippen molar-refractivity contribution in [3.63, 3.8) is 0 Å². The van der Waals surface area contributed by atoms with Crippen molar-refractivity contribution in [2.24, 2.45) is 17.6 Å². The highest BCUT2D eigenvalue weighted by molar-refractivity contribution is 5.76. The highest BCUT2D eigenvalue weighted by Crippen LogP contribution is 2.25. The quantitative estimate of drug-likeness (QED) is 0.700. The van der Waals surface area contributed by atoms with Crippen LogP contribution in [0.3, 0.4) is 0 Å². The molecule has 3 N–H and O–H groups in total. The predicted octanol–water partition coefficient (Wildman–Crippen LogP) is 2.84. The van der Waals surface area contributed by atoms with Crippen LogP contribution < -0.4 is 11.1 Å². The Hall–Kier alpha value is -0.570. The number of hydrogen-bond acceptors (Lipinski definition) is 2. The summed E-state index contributed by atoms with van der Waals surface area (Å²) in [6.07, 6.45) is 8.94. The fourth-order valence-electron chi connectivity index (χ4n) is 2.98. The van der Waals surface area contributed by atoms with Crippen molar-refractivity contribution in [3.8, 4) is 0 Å². The van der Waals surface area contributed by atoms with Gasteiger partial charge in [0.2, 0.25) is 5.91 Å². The third-order valence-corrected chi connectivity index (χ3v) is 4.33. The minimum absolute atomic E-state index is 0.239. The largest absolute Gasteiger partial charge is 0.353 e. The third kappa shape index (κ3) is 4.97. The SMILES string of the molecule is CCCCC(CC)CC(=O)NC1CCCC1CN. The molecule has 1 saturated carbocycles. The van der Waals surface area contributed by atoms with Crippen LogP contribution in [0, 0.1) is 11.8 Å². The minimum Gasteiger partial charge on any atom is -0.353 e. The van der Waals surface area contributed by atoms with E-state index in [-0.39, 0.29) is 5.91 Å². The number of unbranched alkanes of at least 4 members (excludes halogenated alkanes) is 1. The molecule has 0 aromatic carbocycles. The Morgan fingerprint density at radius 1 is 1.39 bits per heavy atom. The van der Waals surface area contributed by atoms with Crippen molar-refractivity contribution in [2.75, 3.05) is 6.54 Å². The van der Waals surface area contributed by atoms with E-state index in [1.807, 2.05) is 0 Å². The molecule has 0 aliphatic heterocycles. The first-order valence-electron chi connectivity index (χ1n) is 7.70. The van der Waals surface area contributed by atoms with Crippen molar-refractivity contribution in [1.29, 1.82) is 0 Å². The van der Waals surface area contributed by atoms with E-state index in [0.29, 0.717) is 30.8 Å². The van der Waals surface area contributed by atoms with Gasteiger partial charge in [-0.3, -0.25) is 4.79 Å². The summed E-state index contributed by atoms with van der Waals surface area (Å²) in [5, 5.41) is 3.20. The van der Waals surface area contributed by atoms with E-state index in [1.54, 1.807) is 0 Å². The van der Waals surface area contributed by atoms with Crippen molar-refractivity contribution in [3.05, 3.63) is 0 Å². The Bertz CT molecular complexity index is 243. The zero-order valence-corrected chi connectivity index (χ0v) is 12.1. The van der Waals surface area contributed by atoms with E-state index in [1.165, 1.54) is 32.1 Å². The fraction of sp³-hybridized carbons (Fsp3) is 0.933. The minimum atomic E-state index is 0.239. The van der Waals surface area contributed by atoms with Crippen LogP contribution in [0.25, 0.3) is 0 Å². The second-order valence-corrected chi connectivity index (χ2v) is 5.72. The summed E-state index contributed by atoms with van der Waals surface area (Å²) in [5.74, 6) is 1.30. The maximum absolute atomic E-state index is 12.0. The Morgan fingerprint density at radius 3 is 2.78 bits per heavy atom. The van der Waals surface area contributed by atoms with Crippen molar-refractivity contribution in [1.82, 2.24) is 5.32 Å². The van der Waals surface area contributed by atoms with Crippen LogP contribution in [0.4, 0.5) is 0 Å². The summed E-state index contributed by atoms with van der Waals surface area (Å²) in [6.45, 7) is 5.10. The Morgan fingerprint density at radius 2 is 2.17 bits per heavy atom. The van der Waals surface area contributed by atoms with Gasteiger partial charge in [0.25, 0.3) is 0 Å². The molecule has 0 saturated heterocycles. The van der Waals surface area contributed by atoms with Gasteiger partial charge in [0.05, 0.1) is 0 Å². The van der Waals surface area contributed by atoms with Crippen LogP contribution in [-0.2, 0) is 4.79 Å². The van der Waals surface area contributed by atoms with E-state index >= 15 is 0 Å². The van der Waals surface area contributed by atoms with Gasteiger partial charge in [-0.25, -0.2) is 0 Å². The summed E-state index contributed by atoms with van der Waals surface area (Å²) in [6, 6.07) is 0.339. The van der Waals surface area contributed by atoms with Gasteiger partial charge in [-0.1, -0.05) is 39.5 Å². The maximum atomic E-state index is 12.0. The number of carbonyl (C=O) groups is 1. The number of rotatable bonds is 8. The van der Waals surface area contributed by atoms with Crippen LogP contribution >= 0.6 is 0 Å². The van der Waals surface area contributed by atoms with Gasteiger partial charge in [0.1, 0.15) is 0 Å². The first-order chi connectivity index (χ1) is 8.71. The highest BCUT2D eigenvalue weighted by atomic mass is 16.1. The van der Waals surface area contributed by atoms with Crippen LogP contribution in [0.1, 0.15) is 65.2 Å². The lowest BCUT2D eigenvalue weighted by Gasteiger charge is -2.21. The van der Waals surface area contributed by atoms with E-state index in [2.05, 4.69) is 19.2 Å². The van der Waals surface area contributed by atoms with E-state index < -0.39 is 0 Å². The molecule has 1 fully saturated rings. The summed E-state index contributed by atoms with van der Waals surface area (Å²) in [4.78, 5) is 12.0. The first-order valence-corrected chi connectivity index (χ1v) is 7.70. The molecule has 1 amide bonds. The van der Waals surface area contributed by atoms with Gasteiger partial charge in [-0.05, 0) is 37.6 Å². The monoisotopic (exact) mass is 254 g/mol. The molecule has 0 spiro atoms. The molecule has 3 unspecified atom stereocenters. The maximum Gasteiger partial charge on any atom is 0.220 e. The summed E-state index contributed by atoms with van der Waals surface area (Å²) in [5.41, 5.74) is 5.74. The molecular formula is C15H30N2O. The van der Waals surface area contributed by atoms with Crippen LogP contribution in [0.5, 0.6) is 0 Å². The molecular weight excluding hydrogens is 224 g/mol. The molecule has 1 rings (SSSR count). The highest BCUT2D eigenvalue weighted by Gasteiger charge is 2.27. The Kier molecular flexibility index (Phi) is 7.33. The van der Waals surface area contributed by atoms with Crippen LogP contribution in [-0.4, -0.2) is 18.5 Å². The normalized spacial score (nSPS) is 25.1. The summed E-state index contributed by atoms with van der Waals surface area (Å²) < 4.78 is 0. The van der Waals surface area contributed by atoms with Gasteiger partial charge < -0.3 is 11.1 Å². The number of nitrogens with one attached hydrogen (secondary N) is 1. The lowest BCUT2D eigenvalue weighted by Crippen LogP contribution is -2.40. The standard InChI is InChI=1S/C15H30N2O/c1-3-5-7-12(4-2)10-15(18)17-14-9-6-8-13(14)11-16/h12-14H,3-11,16H2,1-2H3,(H,17,18). The van der Waals surface area contributed by atoms with Gasteiger partial charge in [0, 0.05) is 12.5 Å². The van der Waals surface area contributed by atoms with Crippen molar-refractivity contribution < 1.29 is 4.79 Å². The molecule has 0 radical (unpaired) electrons. The second kappa shape index (κ2) is 8.52. The van der Waals surface area contributed by atoms with Crippen LogP contribution in [0.2, 0.25) is 0 Å². The van der Waals surface area contributed by atoms with Crippen molar-refractivity contribution in [2.45, 2.75) is 71.3 Å². The number of hydrogen-bond donors (Lipinski definition) is 2. The molecule has 3 heteroatoms. The van der Waals surface area contributed by atoms with Gasteiger partial charge >= 0.3 is 0 Å². The van der Waals surface area contributed by atoms with Gasteiger partial charge in [-0.15, -0.1) is 0 Å². The number of carbonyl (C=O) groups excluding carboxylic acids is 1. The fourth-order valence-corrected chi connectivity index (χ4v) is 2.98. The van der Waals surface area contributed by atoms with Gasteiger partial charge in [0.15, 0.2) is 0 Å². The van der Waals surface area contributed by atoms with Crippen LogP contribution in [0.15, 0.2) is 0 Å². The Labute approximate surface area is 112 Å². The molecule has 0 aromatic rings. The average molecular weight is 254 g/mol. The topological polar surface area (TPSA) is 55.1 Å².